The van der Waals surface area contributed by atoms with Crippen molar-refractivity contribution in [3.05, 3.63) is 107 Å². The molecule has 0 unspecified atom stereocenters. The van der Waals surface area contributed by atoms with Crippen molar-refractivity contribution >= 4 is 11.6 Å². The molecule has 0 bridgehead atoms. The number of rotatable bonds is 7. The van der Waals surface area contributed by atoms with Crippen LogP contribution in [0.3, 0.4) is 0 Å². The zero-order valence-corrected chi connectivity index (χ0v) is 14.5. The summed E-state index contributed by atoms with van der Waals surface area (Å²) in [5, 5.41) is 11.8. The third-order valence-corrected chi connectivity index (χ3v) is 4.41. The van der Waals surface area contributed by atoms with Crippen LogP contribution in [0.25, 0.3) is 0 Å². The summed E-state index contributed by atoms with van der Waals surface area (Å²) in [6, 6.07) is 19.2. The summed E-state index contributed by atoms with van der Waals surface area (Å²) in [7, 11) is 0. The van der Waals surface area contributed by atoms with E-state index >= 15 is 0 Å². The third kappa shape index (κ3) is 4.64. The zero-order valence-electron chi connectivity index (χ0n) is 14.5. The molecule has 0 aliphatic heterocycles. The van der Waals surface area contributed by atoms with Crippen LogP contribution in [0.4, 0.5) is 4.39 Å². The van der Waals surface area contributed by atoms with Crippen molar-refractivity contribution in [3.8, 4) is 0 Å². The molecule has 0 amide bonds. The Morgan fingerprint density at radius 3 is 2.15 bits per heavy atom. The van der Waals surface area contributed by atoms with Gasteiger partial charge < -0.3 is 5.21 Å². The summed E-state index contributed by atoms with van der Waals surface area (Å²) < 4.78 is 13.8. The lowest BCUT2D eigenvalue weighted by atomic mass is 9.87. The first kappa shape index (κ1) is 18.5. The van der Waals surface area contributed by atoms with Crippen LogP contribution in [0, 0.1) is 11.0 Å². The Bertz CT molecular complexity index is 939. The van der Waals surface area contributed by atoms with Crippen molar-refractivity contribution in [2.75, 3.05) is 0 Å². The topological polar surface area (TPSA) is 61.1 Å². The van der Waals surface area contributed by atoms with E-state index in [0.717, 1.165) is 0 Å². The number of hydrogen-bond acceptors (Lipinski definition) is 3. The second kappa shape index (κ2) is 8.36. The number of carbonyl (C=O) groups excluding carboxylic acids is 2. The summed E-state index contributed by atoms with van der Waals surface area (Å²) in [5.74, 6) is -1.31. The van der Waals surface area contributed by atoms with Gasteiger partial charge in [-0.15, -0.1) is 0 Å². The molecule has 3 rings (SSSR count). The standard InChI is InChI=1S/C22H18FNO3/c23-19-11-9-16(10-12-19)18(14-21(25)17-6-2-1-3-7-17)15-22(26)20-8-4-5-13-24(20)27/h1-13,18H,14-15H2/t18-/m1/s1. The predicted molar refractivity (Wildman–Crippen MR) is 98.9 cm³/mol. The molecule has 2 aromatic carbocycles. The molecule has 27 heavy (non-hydrogen) atoms. The maximum Gasteiger partial charge on any atom is 0.259 e. The van der Waals surface area contributed by atoms with E-state index in [4.69, 9.17) is 0 Å². The number of Topliss-reactive ketones (excluding diaryl/α,β-unsaturated/α-hetero) is 2. The van der Waals surface area contributed by atoms with Gasteiger partial charge in [0.2, 0.25) is 5.78 Å². The van der Waals surface area contributed by atoms with E-state index in [1.54, 1.807) is 48.5 Å². The molecule has 1 aromatic heterocycles. The van der Waals surface area contributed by atoms with Crippen LogP contribution in [-0.2, 0) is 0 Å². The third-order valence-electron chi connectivity index (χ3n) is 4.41. The average molecular weight is 363 g/mol. The Labute approximate surface area is 156 Å². The van der Waals surface area contributed by atoms with E-state index in [1.165, 1.54) is 24.4 Å². The highest BCUT2D eigenvalue weighted by Crippen LogP contribution is 2.27. The minimum Gasteiger partial charge on any atom is -0.618 e. The van der Waals surface area contributed by atoms with Crippen LogP contribution >= 0.6 is 0 Å². The number of benzene rings is 2. The van der Waals surface area contributed by atoms with E-state index in [2.05, 4.69) is 0 Å². The molecule has 0 aliphatic carbocycles. The highest BCUT2D eigenvalue weighted by molar-refractivity contribution is 5.98. The lowest BCUT2D eigenvalue weighted by Gasteiger charge is -2.16. The van der Waals surface area contributed by atoms with Gasteiger partial charge in [-0.3, -0.25) is 9.59 Å². The summed E-state index contributed by atoms with van der Waals surface area (Å²) in [5.41, 5.74) is 1.26. The van der Waals surface area contributed by atoms with Crippen molar-refractivity contribution in [2.24, 2.45) is 0 Å². The van der Waals surface area contributed by atoms with Crippen molar-refractivity contribution in [1.29, 1.82) is 0 Å². The van der Waals surface area contributed by atoms with Crippen LogP contribution in [0.5, 0.6) is 0 Å². The monoisotopic (exact) mass is 363 g/mol. The molecule has 5 heteroatoms. The molecule has 0 N–H and O–H groups in total. The average Bonchev–Trinajstić information content (AvgIpc) is 2.69. The molecule has 0 radical (unpaired) electrons. The molecule has 1 heterocycles. The Hall–Kier alpha value is -3.34. The first-order chi connectivity index (χ1) is 13.0. The van der Waals surface area contributed by atoms with Gasteiger partial charge in [0, 0.05) is 30.5 Å². The number of carbonyl (C=O) groups is 2. The van der Waals surface area contributed by atoms with Crippen LogP contribution < -0.4 is 4.73 Å². The molecule has 4 nitrogen and oxygen atoms in total. The summed E-state index contributed by atoms with van der Waals surface area (Å²) in [6.07, 6.45) is 1.33. The number of nitrogens with zero attached hydrogens (tertiary/aromatic N) is 1. The van der Waals surface area contributed by atoms with E-state index in [0.29, 0.717) is 15.9 Å². The second-order valence-corrected chi connectivity index (χ2v) is 6.28. The number of aromatic nitrogens is 1. The molecular formula is C22H18FNO3. The van der Waals surface area contributed by atoms with Crippen molar-refractivity contribution in [3.63, 3.8) is 0 Å². The Morgan fingerprint density at radius 2 is 1.48 bits per heavy atom. The second-order valence-electron chi connectivity index (χ2n) is 6.28. The Morgan fingerprint density at radius 1 is 0.852 bits per heavy atom. The predicted octanol–water partition coefficient (Wildman–Crippen LogP) is 4.09. The highest BCUT2D eigenvalue weighted by atomic mass is 19.1. The van der Waals surface area contributed by atoms with Crippen molar-refractivity contribution in [2.45, 2.75) is 18.8 Å². The fourth-order valence-electron chi connectivity index (χ4n) is 2.98. The Balaban J connectivity index is 1.86. The van der Waals surface area contributed by atoms with E-state index in [9.17, 15) is 19.2 Å². The van der Waals surface area contributed by atoms with Crippen LogP contribution in [0.15, 0.2) is 79.0 Å². The molecule has 136 valence electrons. The van der Waals surface area contributed by atoms with Gasteiger partial charge in [-0.25, -0.2) is 4.39 Å². The molecular weight excluding hydrogens is 345 g/mol. The molecule has 0 saturated heterocycles. The summed E-state index contributed by atoms with van der Waals surface area (Å²) >= 11 is 0. The van der Waals surface area contributed by atoms with E-state index in [1.807, 2.05) is 6.07 Å². The first-order valence-corrected chi connectivity index (χ1v) is 8.59. The lowest BCUT2D eigenvalue weighted by Crippen LogP contribution is -2.34. The lowest BCUT2D eigenvalue weighted by molar-refractivity contribution is -0.607. The SMILES string of the molecule is O=C(C[C@H](CC(=O)c1cccc[n+]1[O-])c1ccc(F)cc1)c1ccccc1. The molecule has 3 aromatic rings. The fraction of sp³-hybridized carbons (Fsp3) is 0.136. The highest BCUT2D eigenvalue weighted by Gasteiger charge is 2.24. The Kier molecular flexibility index (Phi) is 5.71. The minimum absolute atomic E-state index is 0.0174. The number of halogens is 1. The van der Waals surface area contributed by atoms with Crippen LogP contribution in [0.1, 0.15) is 45.2 Å². The molecule has 0 spiro atoms. The maximum absolute atomic E-state index is 13.3. The van der Waals surface area contributed by atoms with Gasteiger partial charge in [0.25, 0.3) is 5.69 Å². The minimum atomic E-state index is -0.453. The molecule has 0 fully saturated rings. The number of pyridine rings is 1. The maximum atomic E-state index is 13.3. The molecule has 0 saturated carbocycles. The molecule has 0 aliphatic rings. The van der Waals surface area contributed by atoms with Crippen molar-refractivity contribution < 1.29 is 18.7 Å². The van der Waals surface area contributed by atoms with E-state index < -0.39 is 11.7 Å². The quantitative estimate of drug-likeness (QED) is 0.361. The normalized spacial score (nSPS) is 11.7. The van der Waals surface area contributed by atoms with Gasteiger partial charge in [0.15, 0.2) is 12.0 Å². The van der Waals surface area contributed by atoms with Gasteiger partial charge in [0.1, 0.15) is 5.82 Å². The van der Waals surface area contributed by atoms with Crippen LogP contribution in [-0.4, -0.2) is 11.6 Å². The summed E-state index contributed by atoms with van der Waals surface area (Å²) in [4.78, 5) is 25.3. The zero-order chi connectivity index (χ0) is 19.2. The van der Waals surface area contributed by atoms with Gasteiger partial charge in [-0.05, 0) is 29.7 Å². The van der Waals surface area contributed by atoms with Gasteiger partial charge in [-0.2, -0.15) is 4.73 Å². The van der Waals surface area contributed by atoms with Crippen molar-refractivity contribution in [1.82, 2.24) is 0 Å². The van der Waals surface area contributed by atoms with Gasteiger partial charge in [-0.1, -0.05) is 42.5 Å². The largest absolute Gasteiger partial charge is 0.618 e. The van der Waals surface area contributed by atoms with E-state index in [-0.39, 0.29) is 30.1 Å². The fourth-order valence-corrected chi connectivity index (χ4v) is 2.98. The molecule has 1 atom stereocenters. The van der Waals surface area contributed by atoms with Gasteiger partial charge in [0.05, 0.1) is 0 Å². The van der Waals surface area contributed by atoms with Gasteiger partial charge >= 0.3 is 0 Å². The number of hydrogen-bond donors (Lipinski definition) is 0. The smallest absolute Gasteiger partial charge is 0.259 e. The number of ketones is 2. The van der Waals surface area contributed by atoms with Crippen LogP contribution in [0.2, 0.25) is 0 Å². The summed E-state index contributed by atoms with van der Waals surface area (Å²) in [6.45, 7) is 0. The first-order valence-electron chi connectivity index (χ1n) is 8.59.